The average Bonchev–Trinajstić information content (AvgIpc) is 2.29. The summed E-state index contributed by atoms with van der Waals surface area (Å²) in [5.41, 5.74) is 1.61. The summed E-state index contributed by atoms with van der Waals surface area (Å²) >= 11 is 5.67. The molecular formula is C12H9ClFNO. The van der Waals surface area contributed by atoms with Crippen molar-refractivity contribution in [3.63, 3.8) is 0 Å². The smallest absolute Gasteiger partial charge is 0.132 e. The third-order valence-corrected chi connectivity index (χ3v) is 2.54. The van der Waals surface area contributed by atoms with E-state index in [1.54, 1.807) is 24.4 Å². The van der Waals surface area contributed by atoms with E-state index in [0.29, 0.717) is 21.7 Å². The molecule has 0 saturated carbocycles. The fourth-order valence-corrected chi connectivity index (χ4v) is 1.67. The van der Waals surface area contributed by atoms with E-state index >= 15 is 0 Å². The lowest BCUT2D eigenvalue weighted by Gasteiger charge is -2.07. The first-order chi connectivity index (χ1) is 7.72. The molecule has 0 radical (unpaired) electrons. The van der Waals surface area contributed by atoms with Gasteiger partial charge in [-0.1, -0.05) is 11.6 Å². The molecule has 0 saturated heterocycles. The Bertz CT molecular complexity index is 516. The van der Waals surface area contributed by atoms with Gasteiger partial charge in [-0.15, -0.1) is 0 Å². The second-order valence-corrected chi connectivity index (χ2v) is 3.75. The first kappa shape index (κ1) is 11.0. The molecule has 0 atom stereocenters. The molecule has 0 spiro atoms. The Morgan fingerprint density at radius 1 is 1.25 bits per heavy atom. The molecule has 2 rings (SSSR count). The van der Waals surface area contributed by atoms with Crippen LogP contribution in [0.4, 0.5) is 4.39 Å². The lowest BCUT2D eigenvalue weighted by atomic mass is 10.0. The van der Waals surface area contributed by atoms with Crippen LogP contribution < -0.4 is 0 Å². The van der Waals surface area contributed by atoms with E-state index in [0.717, 1.165) is 0 Å². The van der Waals surface area contributed by atoms with E-state index in [-0.39, 0.29) is 6.61 Å². The van der Waals surface area contributed by atoms with Gasteiger partial charge in [-0.25, -0.2) is 4.39 Å². The van der Waals surface area contributed by atoms with Gasteiger partial charge in [0.1, 0.15) is 5.82 Å². The molecule has 1 heterocycles. The van der Waals surface area contributed by atoms with E-state index in [2.05, 4.69) is 4.98 Å². The van der Waals surface area contributed by atoms with Crippen molar-refractivity contribution >= 4 is 11.6 Å². The average molecular weight is 238 g/mol. The van der Waals surface area contributed by atoms with Crippen molar-refractivity contribution in [2.45, 2.75) is 6.61 Å². The molecule has 82 valence electrons. The van der Waals surface area contributed by atoms with Gasteiger partial charge >= 0.3 is 0 Å². The van der Waals surface area contributed by atoms with Crippen LogP contribution in [-0.4, -0.2) is 10.1 Å². The lowest BCUT2D eigenvalue weighted by Crippen LogP contribution is -1.92. The van der Waals surface area contributed by atoms with Crippen LogP contribution in [0.3, 0.4) is 0 Å². The zero-order valence-corrected chi connectivity index (χ0v) is 9.08. The summed E-state index contributed by atoms with van der Waals surface area (Å²) in [6.45, 7) is -0.153. The highest BCUT2D eigenvalue weighted by atomic mass is 35.5. The van der Waals surface area contributed by atoms with Gasteiger partial charge in [0.05, 0.1) is 6.61 Å². The van der Waals surface area contributed by atoms with Crippen molar-refractivity contribution in [3.8, 4) is 11.1 Å². The van der Waals surface area contributed by atoms with Gasteiger partial charge in [-0.05, 0) is 29.8 Å². The normalized spacial score (nSPS) is 10.4. The second kappa shape index (κ2) is 4.60. The summed E-state index contributed by atoms with van der Waals surface area (Å²) in [4.78, 5) is 3.92. The van der Waals surface area contributed by atoms with Crippen LogP contribution >= 0.6 is 11.6 Å². The first-order valence-electron chi connectivity index (χ1n) is 4.71. The Hall–Kier alpha value is -1.45. The number of hydrogen-bond acceptors (Lipinski definition) is 2. The van der Waals surface area contributed by atoms with E-state index in [9.17, 15) is 4.39 Å². The van der Waals surface area contributed by atoms with Crippen LogP contribution in [0.25, 0.3) is 11.1 Å². The van der Waals surface area contributed by atoms with Crippen molar-refractivity contribution in [1.29, 1.82) is 0 Å². The van der Waals surface area contributed by atoms with Gasteiger partial charge in [-0.3, -0.25) is 4.98 Å². The molecule has 1 aromatic heterocycles. The minimum absolute atomic E-state index is 0.153. The zero-order chi connectivity index (χ0) is 11.5. The molecule has 0 aliphatic heterocycles. The number of rotatable bonds is 2. The van der Waals surface area contributed by atoms with Crippen LogP contribution in [0.2, 0.25) is 5.02 Å². The number of aliphatic hydroxyl groups is 1. The van der Waals surface area contributed by atoms with Gasteiger partial charge < -0.3 is 5.11 Å². The van der Waals surface area contributed by atoms with Crippen LogP contribution in [0, 0.1) is 5.82 Å². The highest BCUT2D eigenvalue weighted by Gasteiger charge is 2.09. The molecule has 0 bridgehead atoms. The minimum Gasteiger partial charge on any atom is -0.392 e. The van der Waals surface area contributed by atoms with Crippen LogP contribution in [0.15, 0.2) is 36.7 Å². The first-order valence-corrected chi connectivity index (χ1v) is 5.09. The Labute approximate surface area is 97.3 Å². The molecule has 0 amide bonds. The van der Waals surface area contributed by atoms with Crippen molar-refractivity contribution in [1.82, 2.24) is 4.98 Å². The van der Waals surface area contributed by atoms with Crippen molar-refractivity contribution < 1.29 is 9.50 Å². The lowest BCUT2D eigenvalue weighted by molar-refractivity contribution is 0.282. The molecule has 0 fully saturated rings. The fraction of sp³-hybridized carbons (Fsp3) is 0.0833. The predicted molar refractivity (Wildman–Crippen MR) is 60.6 cm³/mol. The van der Waals surface area contributed by atoms with Gasteiger partial charge in [0.25, 0.3) is 0 Å². The van der Waals surface area contributed by atoms with Gasteiger partial charge in [-0.2, -0.15) is 0 Å². The summed E-state index contributed by atoms with van der Waals surface area (Å²) in [5.74, 6) is -0.421. The number of nitrogens with zero attached hydrogens (tertiary/aromatic N) is 1. The minimum atomic E-state index is -0.421. The number of aromatic nitrogens is 1. The summed E-state index contributed by atoms with van der Waals surface area (Å²) in [6, 6.07) is 6.08. The van der Waals surface area contributed by atoms with E-state index in [1.165, 1.54) is 12.3 Å². The quantitative estimate of drug-likeness (QED) is 0.871. The molecule has 0 aliphatic rings. The number of hydrogen-bond donors (Lipinski definition) is 1. The second-order valence-electron chi connectivity index (χ2n) is 3.32. The maximum Gasteiger partial charge on any atom is 0.132 e. The monoisotopic (exact) mass is 237 g/mol. The maximum atomic E-state index is 13.7. The van der Waals surface area contributed by atoms with Crippen molar-refractivity contribution in [2.24, 2.45) is 0 Å². The van der Waals surface area contributed by atoms with Gasteiger partial charge in [0.15, 0.2) is 0 Å². The third-order valence-electron chi connectivity index (χ3n) is 2.30. The van der Waals surface area contributed by atoms with E-state index in [4.69, 9.17) is 16.7 Å². The van der Waals surface area contributed by atoms with Crippen LogP contribution in [0.1, 0.15) is 5.56 Å². The summed E-state index contributed by atoms with van der Waals surface area (Å²) in [7, 11) is 0. The molecule has 0 aliphatic carbocycles. The molecule has 4 heteroatoms. The molecule has 0 unspecified atom stereocenters. The molecule has 16 heavy (non-hydrogen) atoms. The van der Waals surface area contributed by atoms with Gasteiger partial charge in [0.2, 0.25) is 0 Å². The van der Waals surface area contributed by atoms with Crippen molar-refractivity contribution in [2.75, 3.05) is 0 Å². The number of pyridine rings is 1. The summed E-state index contributed by atoms with van der Waals surface area (Å²) in [5, 5.41) is 9.49. The van der Waals surface area contributed by atoms with Crippen LogP contribution in [-0.2, 0) is 6.61 Å². The van der Waals surface area contributed by atoms with Crippen molar-refractivity contribution in [3.05, 3.63) is 53.1 Å². The summed E-state index contributed by atoms with van der Waals surface area (Å²) in [6.07, 6.45) is 3.08. The highest BCUT2D eigenvalue weighted by Crippen LogP contribution is 2.27. The molecule has 1 aromatic carbocycles. The number of aliphatic hydroxyl groups excluding tert-OH is 1. The topological polar surface area (TPSA) is 33.1 Å². The standard InChI is InChI=1S/C12H9ClFNO/c13-9-1-2-10(12(14)5-9)11-6-15-4-3-8(11)7-16/h1-6,16H,7H2. The summed E-state index contributed by atoms with van der Waals surface area (Å²) < 4.78 is 13.7. The Kier molecular flexibility index (Phi) is 3.17. The number of benzene rings is 1. The molecule has 2 nitrogen and oxygen atoms in total. The van der Waals surface area contributed by atoms with Crippen LogP contribution in [0.5, 0.6) is 0 Å². The van der Waals surface area contributed by atoms with E-state index < -0.39 is 5.82 Å². The largest absolute Gasteiger partial charge is 0.392 e. The predicted octanol–water partition coefficient (Wildman–Crippen LogP) is 3.03. The molecule has 2 aromatic rings. The zero-order valence-electron chi connectivity index (χ0n) is 8.32. The SMILES string of the molecule is OCc1ccncc1-c1ccc(Cl)cc1F. The Balaban J connectivity index is 2.58. The maximum absolute atomic E-state index is 13.7. The molecule has 1 N–H and O–H groups in total. The Morgan fingerprint density at radius 3 is 2.75 bits per heavy atom. The fourth-order valence-electron chi connectivity index (χ4n) is 1.51. The van der Waals surface area contributed by atoms with E-state index in [1.807, 2.05) is 0 Å². The Morgan fingerprint density at radius 2 is 2.06 bits per heavy atom. The van der Waals surface area contributed by atoms with Gasteiger partial charge in [0, 0.05) is 28.5 Å². The number of halogens is 2. The highest BCUT2D eigenvalue weighted by molar-refractivity contribution is 6.30. The third kappa shape index (κ3) is 2.05. The molecular weight excluding hydrogens is 229 g/mol.